The SMILES string of the molecule is C=CCC1OC(=O)N(C)[C@@H](C(C)C)C(=O)NC(C(=O)N(C)[C@@H]([C@@H](C)CC)[C@@H](CC(=O)N2CCC[C@H]2[C@H](OC)[C@@H](C)C(=O)N[C@H](C)[C@@H](O)c2ccccc2)OC)[C@H](C)OC(=O)c2cc3c1ccc(O[C@H]1C[C@@H](O)[C@@H](O)[C@@H](CO)O1)c3s2. The maximum absolute atomic E-state index is 15.3. The zero-order valence-corrected chi connectivity index (χ0v) is 48.6. The van der Waals surface area contributed by atoms with Crippen LogP contribution in [-0.4, -0.2) is 185 Å². The number of aliphatic hydroxyl groups is 4. The van der Waals surface area contributed by atoms with E-state index in [-0.39, 0.29) is 47.6 Å². The number of nitrogens with one attached hydrogen (secondary N) is 2. The highest BCUT2D eigenvalue weighted by molar-refractivity contribution is 7.21. The number of ether oxygens (including phenoxy) is 6. The lowest BCUT2D eigenvalue weighted by Crippen LogP contribution is -2.62. The van der Waals surface area contributed by atoms with Crippen LogP contribution in [0, 0.1) is 17.8 Å². The number of likely N-dealkylation sites (N-methyl/N-ethyl adjacent to an activating group) is 2. The Bertz CT molecular complexity index is 2620. The van der Waals surface area contributed by atoms with Crippen molar-refractivity contribution in [2.45, 2.75) is 172 Å². The molecule has 442 valence electrons. The van der Waals surface area contributed by atoms with Gasteiger partial charge in [0.15, 0.2) is 0 Å². The summed E-state index contributed by atoms with van der Waals surface area (Å²) in [4.78, 5) is 91.4. The maximum Gasteiger partial charge on any atom is 0.410 e. The summed E-state index contributed by atoms with van der Waals surface area (Å²) in [7, 11) is 5.91. The summed E-state index contributed by atoms with van der Waals surface area (Å²) >= 11 is 0.976. The van der Waals surface area contributed by atoms with E-state index in [1.165, 1.54) is 40.1 Å². The first kappa shape index (κ1) is 63.5. The van der Waals surface area contributed by atoms with Crippen LogP contribution in [0.15, 0.2) is 61.2 Å². The Kier molecular flexibility index (Phi) is 22.5. The zero-order chi connectivity index (χ0) is 58.9. The number of nitrogens with zero attached hydrogens (tertiary/aromatic N) is 3. The summed E-state index contributed by atoms with van der Waals surface area (Å²) in [5.74, 6) is -4.24. The lowest BCUT2D eigenvalue weighted by Gasteiger charge is -2.41. The van der Waals surface area contributed by atoms with Gasteiger partial charge in [0.05, 0.1) is 66.2 Å². The van der Waals surface area contributed by atoms with Gasteiger partial charge in [-0.05, 0) is 56.2 Å². The van der Waals surface area contributed by atoms with E-state index in [1.807, 2.05) is 32.0 Å². The fourth-order valence-electron chi connectivity index (χ4n) is 11.3. The van der Waals surface area contributed by atoms with E-state index < -0.39 is 128 Å². The molecule has 22 heteroatoms. The Morgan fingerprint density at radius 3 is 2.35 bits per heavy atom. The molecule has 0 saturated carbocycles. The molecule has 21 nitrogen and oxygen atoms in total. The van der Waals surface area contributed by atoms with Gasteiger partial charge in [0, 0.05) is 58.7 Å². The summed E-state index contributed by atoms with van der Waals surface area (Å²) < 4.78 is 36.8. The Hall–Kier alpha value is -5.72. The van der Waals surface area contributed by atoms with Gasteiger partial charge in [-0.3, -0.25) is 24.1 Å². The number of amides is 5. The molecule has 2 saturated heterocycles. The Labute approximate surface area is 472 Å². The van der Waals surface area contributed by atoms with Crippen LogP contribution in [-0.2, 0) is 42.9 Å². The molecule has 3 aliphatic heterocycles. The molecule has 80 heavy (non-hydrogen) atoms. The average Bonchev–Trinajstić information content (AvgIpc) is 4.23. The number of methoxy groups -OCH3 is 2. The molecule has 2 unspecified atom stereocenters. The fraction of sp³-hybridized carbons (Fsp3) is 0.621. The van der Waals surface area contributed by atoms with Crippen molar-refractivity contribution in [3.63, 3.8) is 0 Å². The Morgan fingerprint density at radius 2 is 1.73 bits per heavy atom. The van der Waals surface area contributed by atoms with Crippen LogP contribution >= 0.6 is 11.3 Å². The Morgan fingerprint density at radius 1 is 1.02 bits per heavy atom. The second-order valence-electron chi connectivity index (χ2n) is 21.7. The van der Waals surface area contributed by atoms with Crippen molar-refractivity contribution in [1.29, 1.82) is 0 Å². The van der Waals surface area contributed by atoms with Crippen molar-refractivity contribution in [2.75, 3.05) is 41.5 Å². The van der Waals surface area contributed by atoms with Gasteiger partial charge < -0.3 is 69.3 Å². The van der Waals surface area contributed by atoms with Crippen LogP contribution in [0.2, 0.25) is 0 Å². The number of hydrogen-bond acceptors (Lipinski definition) is 17. The number of carbonyl (C=O) groups excluding carboxylic acids is 6. The highest BCUT2D eigenvalue weighted by atomic mass is 32.1. The monoisotopic (exact) mass is 1140 g/mol. The van der Waals surface area contributed by atoms with Crippen molar-refractivity contribution in [3.05, 3.63) is 77.2 Å². The molecule has 4 heterocycles. The number of likely N-dealkylation sites (tertiary alicyclic amines) is 1. The molecule has 16 atom stereocenters. The van der Waals surface area contributed by atoms with Gasteiger partial charge >= 0.3 is 12.1 Å². The topological polar surface area (TPSA) is 272 Å². The Balaban J connectivity index is 1.29. The van der Waals surface area contributed by atoms with E-state index in [4.69, 9.17) is 28.4 Å². The van der Waals surface area contributed by atoms with Crippen molar-refractivity contribution in [3.8, 4) is 5.75 Å². The summed E-state index contributed by atoms with van der Waals surface area (Å²) in [5.41, 5.74) is 1.12. The molecule has 2 bridgehead atoms. The molecular weight excluding hydrogens is 1050 g/mol. The minimum absolute atomic E-state index is 0.0526. The molecule has 1 aromatic heterocycles. The molecular formula is C58H83N5O16S. The number of carbonyl (C=O) groups is 6. The first-order valence-corrected chi connectivity index (χ1v) is 28.4. The van der Waals surface area contributed by atoms with Gasteiger partial charge in [-0.25, -0.2) is 9.59 Å². The fourth-order valence-corrected chi connectivity index (χ4v) is 12.4. The third kappa shape index (κ3) is 14.3. The van der Waals surface area contributed by atoms with Crippen molar-refractivity contribution < 1.29 is 77.6 Å². The number of esters is 1. The van der Waals surface area contributed by atoms with Crippen LogP contribution in [0.4, 0.5) is 4.79 Å². The van der Waals surface area contributed by atoms with Crippen LogP contribution in [0.5, 0.6) is 5.75 Å². The average molecular weight is 1140 g/mol. The van der Waals surface area contributed by atoms with E-state index in [1.54, 1.807) is 69.0 Å². The number of hydrogen-bond donors (Lipinski definition) is 6. The van der Waals surface area contributed by atoms with Crippen LogP contribution in [0.1, 0.15) is 120 Å². The van der Waals surface area contributed by atoms with E-state index in [0.717, 1.165) is 16.2 Å². The molecule has 5 amide bonds. The molecule has 3 aromatic rings. The van der Waals surface area contributed by atoms with Gasteiger partial charge in [-0.2, -0.15) is 0 Å². The smallest absolute Gasteiger partial charge is 0.410 e. The summed E-state index contributed by atoms with van der Waals surface area (Å²) in [6, 6.07) is 9.16. The van der Waals surface area contributed by atoms with Gasteiger partial charge in [0.1, 0.15) is 47.1 Å². The summed E-state index contributed by atoms with van der Waals surface area (Å²) in [6.45, 7) is 15.9. The van der Waals surface area contributed by atoms with E-state index >= 15 is 4.79 Å². The molecule has 0 aliphatic carbocycles. The minimum atomic E-state index is -1.55. The molecule has 6 N–H and O–H groups in total. The predicted octanol–water partition coefficient (Wildman–Crippen LogP) is 5.02. The van der Waals surface area contributed by atoms with Crippen molar-refractivity contribution >= 4 is 57.1 Å². The highest BCUT2D eigenvalue weighted by Gasteiger charge is 2.45. The molecule has 2 aromatic carbocycles. The molecule has 2 fully saturated rings. The minimum Gasteiger partial charge on any atom is -0.463 e. The van der Waals surface area contributed by atoms with Gasteiger partial charge in [0.25, 0.3) is 0 Å². The quantitative estimate of drug-likeness (QED) is 0.0604. The third-order valence-corrected chi connectivity index (χ3v) is 17.1. The summed E-state index contributed by atoms with van der Waals surface area (Å²) in [5, 5.41) is 48.0. The standard InChI is InChI=1S/C58H83N5O16S/c1-13-19-40-36-23-24-41(77-46-27-39(65)51(68)43(29-64)78-46)53-37(36)26-44(80-53)57(72)76-34(8)47(60-55(70)48(30(3)4)62(10)58(73)79-40)56(71)61(9)49(31(5)14-2)42(74-11)28-45(66)63-25-18-22-38(63)52(75-12)32(6)54(69)59-33(7)50(67)35-20-16-15-17-21-35/h13,15-17,20-21,23-24,26,30-34,38-40,42-43,46-52,64-65,67-68H,1,14,18-19,22,25,27-29H2,2-12H3,(H,59,69)(H,60,70)/t31-,32+,33+,34-,38-,39+,40?,42+,43+,46+,47?,48-,49-,50+,51+,52+/m0/s1. The molecule has 3 aliphatic rings. The first-order chi connectivity index (χ1) is 38.0. The predicted molar refractivity (Wildman–Crippen MR) is 297 cm³/mol. The van der Waals surface area contributed by atoms with Crippen LogP contribution < -0.4 is 15.4 Å². The lowest BCUT2D eigenvalue weighted by atomic mass is 9.89. The van der Waals surface area contributed by atoms with Crippen LogP contribution in [0.25, 0.3) is 10.1 Å². The van der Waals surface area contributed by atoms with Crippen LogP contribution in [0.3, 0.4) is 0 Å². The molecule has 0 radical (unpaired) electrons. The number of cyclic esters (lactones) is 2. The van der Waals surface area contributed by atoms with E-state index in [9.17, 15) is 44.4 Å². The molecule has 0 spiro atoms. The van der Waals surface area contributed by atoms with Gasteiger partial charge in [-0.1, -0.05) is 83.5 Å². The second kappa shape index (κ2) is 28.3. The number of fused-ring (bicyclic) bond motifs is 1. The van der Waals surface area contributed by atoms with E-state index in [0.29, 0.717) is 47.0 Å². The lowest BCUT2D eigenvalue weighted by molar-refractivity contribution is -0.229. The number of benzene rings is 2. The number of rotatable bonds is 21. The maximum atomic E-state index is 15.3. The van der Waals surface area contributed by atoms with Gasteiger partial charge in [-0.15, -0.1) is 17.9 Å². The largest absolute Gasteiger partial charge is 0.463 e. The van der Waals surface area contributed by atoms with E-state index in [2.05, 4.69) is 17.2 Å². The zero-order valence-electron chi connectivity index (χ0n) is 47.8. The van der Waals surface area contributed by atoms with Gasteiger partial charge in [0.2, 0.25) is 29.9 Å². The summed E-state index contributed by atoms with van der Waals surface area (Å²) in [6.07, 6.45) is -7.54. The van der Waals surface area contributed by atoms with Crippen molar-refractivity contribution in [2.24, 2.45) is 17.8 Å². The number of aliphatic hydroxyl groups excluding tert-OH is 4. The second-order valence-corrected chi connectivity index (χ2v) is 22.8. The highest BCUT2D eigenvalue weighted by Crippen LogP contribution is 2.42. The number of thiophene rings is 1. The first-order valence-electron chi connectivity index (χ1n) is 27.6. The normalized spacial score (nSPS) is 26.6. The van der Waals surface area contributed by atoms with Crippen molar-refractivity contribution in [1.82, 2.24) is 25.3 Å². The third-order valence-electron chi connectivity index (χ3n) is 16.0. The molecule has 6 rings (SSSR count).